The van der Waals surface area contributed by atoms with Crippen LogP contribution in [-0.4, -0.2) is 52.0 Å². The molecule has 3 heterocycles. The van der Waals surface area contributed by atoms with Crippen LogP contribution in [0.5, 0.6) is 5.88 Å². The molecule has 2 aromatic heterocycles. The van der Waals surface area contributed by atoms with E-state index in [2.05, 4.69) is 22.1 Å². The van der Waals surface area contributed by atoms with Crippen LogP contribution in [0.25, 0.3) is 0 Å². The number of furan rings is 1. The largest absolute Gasteiger partial charge is 0.473 e. The number of rotatable bonds is 11. The number of aromatic nitrogens is 1. The number of carbonyl (C=O) groups excluding carboxylic acids is 1. The quantitative estimate of drug-likeness (QED) is 0.536. The van der Waals surface area contributed by atoms with E-state index >= 15 is 0 Å². The lowest BCUT2D eigenvalue weighted by Gasteiger charge is -2.30. The maximum absolute atomic E-state index is 11.9. The van der Waals surface area contributed by atoms with Gasteiger partial charge in [0.2, 0.25) is 11.8 Å². The molecule has 31 heavy (non-hydrogen) atoms. The van der Waals surface area contributed by atoms with Crippen molar-refractivity contribution >= 4 is 16.7 Å². The first-order valence-corrected chi connectivity index (χ1v) is 12.1. The molecule has 168 valence electrons. The molecule has 3 rings (SSSR count). The summed E-state index contributed by atoms with van der Waals surface area (Å²) >= 11 is 0. The molecule has 0 spiro atoms. The van der Waals surface area contributed by atoms with Gasteiger partial charge in [0.1, 0.15) is 12.4 Å². The highest BCUT2D eigenvalue weighted by Gasteiger charge is 2.16. The van der Waals surface area contributed by atoms with Gasteiger partial charge in [0.15, 0.2) is 0 Å². The van der Waals surface area contributed by atoms with Gasteiger partial charge >= 0.3 is 0 Å². The van der Waals surface area contributed by atoms with E-state index in [9.17, 15) is 9.00 Å². The molecule has 2 unspecified atom stereocenters. The Bertz CT molecular complexity index is 869. The summed E-state index contributed by atoms with van der Waals surface area (Å²) in [5.41, 5.74) is 2.03. The highest BCUT2D eigenvalue weighted by molar-refractivity contribution is 7.84. The second-order valence-corrected chi connectivity index (χ2v) is 9.39. The maximum atomic E-state index is 11.9. The van der Waals surface area contributed by atoms with Gasteiger partial charge in [0, 0.05) is 48.3 Å². The van der Waals surface area contributed by atoms with E-state index in [0.29, 0.717) is 24.8 Å². The Balaban J connectivity index is 1.31. The number of likely N-dealkylation sites (tertiary alicyclic amines) is 1. The van der Waals surface area contributed by atoms with Crippen LogP contribution in [0.15, 0.2) is 53.5 Å². The number of ether oxygens (including phenoxy) is 1. The Morgan fingerprint density at radius 1 is 1.39 bits per heavy atom. The van der Waals surface area contributed by atoms with Gasteiger partial charge in [-0.15, -0.1) is 0 Å². The van der Waals surface area contributed by atoms with Crippen molar-refractivity contribution in [3.05, 3.63) is 60.2 Å². The number of carbonyl (C=O) groups is 1. The Labute approximate surface area is 186 Å². The van der Waals surface area contributed by atoms with Gasteiger partial charge < -0.3 is 14.5 Å². The smallest absolute Gasteiger partial charge is 0.232 e. The molecule has 1 aliphatic rings. The molecule has 2 atom stereocenters. The monoisotopic (exact) mass is 445 g/mol. The zero-order chi connectivity index (χ0) is 21.9. The van der Waals surface area contributed by atoms with Crippen LogP contribution in [0.1, 0.15) is 30.9 Å². The number of amides is 1. The summed E-state index contributed by atoms with van der Waals surface area (Å²) in [5.74, 6) is 1.41. The van der Waals surface area contributed by atoms with Crippen molar-refractivity contribution < 1.29 is 18.2 Å². The van der Waals surface area contributed by atoms with Crippen LogP contribution in [0, 0.1) is 5.92 Å². The zero-order valence-corrected chi connectivity index (χ0v) is 18.8. The molecular weight excluding hydrogens is 414 g/mol. The SMILES string of the molecule is CC1CCCN(Cc2ccnc(OC/C=C/CNC(=O)CS(=O)Cc3ccoc3)c2)C1. The number of nitrogens with zero attached hydrogens (tertiary/aromatic N) is 2. The van der Waals surface area contributed by atoms with Crippen LogP contribution in [-0.2, 0) is 27.9 Å². The molecule has 1 N–H and O–H groups in total. The number of piperidine rings is 1. The average Bonchev–Trinajstić information content (AvgIpc) is 3.23. The topological polar surface area (TPSA) is 84.7 Å². The van der Waals surface area contributed by atoms with Crippen LogP contribution >= 0.6 is 0 Å². The van der Waals surface area contributed by atoms with Gasteiger partial charge in [-0.1, -0.05) is 13.0 Å². The van der Waals surface area contributed by atoms with E-state index < -0.39 is 10.8 Å². The standard InChI is InChI=1S/C23H31N3O4S/c1-19-5-4-10-26(14-19)15-20-6-9-25-23(13-20)30-11-3-2-8-24-22(27)18-31(28)17-21-7-12-29-16-21/h2-3,6-7,9,12-13,16,19H,4-5,8,10-11,14-15,17-18H2,1H3,(H,24,27)/b3-2+. The molecule has 1 amide bonds. The fourth-order valence-corrected chi connectivity index (χ4v) is 4.62. The van der Waals surface area contributed by atoms with Crippen molar-refractivity contribution in [2.45, 2.75) is 32.1 Å². The fourth-order valence-electron chi connectivity index (χ4n) is 3.58. The third-order valence-corrected chi connectivity index (χ3v) is 6.30. The molecule has 1 saturated heterocycles. The summed E-state index contributed by atoms with van der Waals surface area (Å²) in [4.78, 5) is 18.6. The van der Waals surface area contributed by atoms with Gasteiger partial charge in [0.05, 0.1) is 18.3 Å². The number of hydrogen-bond donors (Lipinski definition) is 1. The third kappa shape index (κ3) is 8.67. The molecule has 0 aromatic carbocycles. The number of hydrogen-bond acceptors (Lipinski definition) is 6. The van der Waals surface area contributed by atoms with E-state index in [1.165, 1.54) is 30.9 Å². The predicted octanol–water partition coefficient (Wildman–Crippen LogP) is 2.91. The van der Waals surface area contributed by atoms with Crippen molar-refractivity contribution in [2.75, 3.05) is 32.0 Å². The van der Waals surface area contributed by atoms with E-state index in [1.54, 1.807) is 12.3 Å². The van der Waals surface area contributed by atoms with Gasteiger partial charge in [-0.05, 0) is 49.1 Å². The highest BCUT2D eigenvalue weighted by Crippen LogP contribution is 2.19. The first-order chi connectivity index (χ1) is 15.1. The van der Waals surface area contributed by atoms with E-state index in [4.69, 9.17) is 9.15 Å². The molecule has 7 nitrogen and oxygen atoms in total. The lowest BCUT2D eigenvalue weighted by molar-refractivity contribution is -0.118. The minimum Gasteiger partial charge on any atom is -0.473 e. The first-order valence-electron chi connectivity index (χ1n) is 10.7. The molecule has 1 fully saturated rings. The van der Waals surface area contributed by atoms with Crippen molar-refractivity contribution in [3.8, 4) is 5.88 Å². The first kappa shape index (κ1) is 23.2. The second kappa shape index (κ2) is 12.4. The summed E-state index contributed by atoms with van der Waals surface area (Å²) < 4.78 is 22.6. The van der Waals surface area contributed by atoms with E-state index in [0.717, 1.165) is 31.1 Å². The van der Waals surface area contributed by atoms with Crippen molar-refractivity contribution in [2.24, 2.45) is 5.92 Å². The van der Waals surface area contributed by atoms with E-state index in [1.807, 2.05) is 24.3 Å². The summed E-state index contributed by atoms with van der Waals surface area (Å²) in [5, 5.41) is 2.73. The predicted molar refractivity (Wildman–Crippen MR) is 121 cm³/mol. The molecule has 0 bridgehead atoms. The third-order valence-electron chi connectivity index (χ3n) is 5.06. The highest BCUT2D eigenvalue weighted by atomic mass is 32.2. The van der Waals surface area contributed by atoms with Gasteiger partial charge in [-0.3, -0.25) is 13.9 Å². The average molecular weight is 446 g/mol. The molecule has 0 aliphatic carbocycles. The molecule has 8 heteroatoms. The Hall–Kier alpha value is -2.45. The Morgan fingerprint density at radius 3 is 3.10 bits per heavy atom. The molecule has 2 aromatic rings. The van der Waals surface area contributed by atoms with Crippen LogP contribution in [0.2, 0.25) is 0 Å². The maximum Gasteiger partial charge on any atom is 0.232 e. The van der Waals surface area contributed by atoms with Crippen molar-refractivity contribution in [1.29, 1.82) is 0 Å². The van der Waals surface area contributed by atoms with Crippen molar-refractivity contribution in [3.63, 3.8) is 0 Å². The van der Waals surface area contributed by atoms with Gasteiger partial charge in [-0.2, -0.15) is 0 Å². The second-order valence-electron chi connectivity index (χ2n) is 7.93. The van der Waals surface area contributed by atoms with E-state index in [-0.39, 0.29) is 11.7 Å². The fraction of sp³-hybridized carbons (Fsp3) is 0.478. The normalized spacial score (nSPS) is 18.2. The van der Waals surface area contributed by atoms with Gasteiger partial charge in [-0.25, -0.2) is 4.98 Å². The zero-order valence-electron chi connectivity index (χ0n) is 18.0. The number of pyridine rings is 1. The minimum absolute atomic E-state index is 0.0258. The van der Waals surface area contributed by atoms with Gasteiger partial charge in [0.25, 0.3) is 0 Å². The molecule has 1 aliphatic heterocycles. The lowest BCUT2D eigenvalue weighted by Crippen LogP contribution is -2.33. The lowest BCUT2D eigenvalue weighted by atomic mass is 10.00. The molecular formula is C23H31N3O4S. The van der Waals surface area contributed by atoms with Crippen LogP contribution in [0.3, 0.4) is 0 Å². The summed E-state index contributed by atoms with van der Waals surface area (Å²) in [6, 6.07) is 5.77. The van der Waals surface area contributed by atoms with Crippen LogP contribution in [0.4, 0.5) is 0 Å². The minimum atomic E-state index is -1.25. The summed E-state index contributed by atoms with van der Waals surface area (Å²) in [7, 11) is -1.25. The summed E-state index contributed by atoms with van der Waals surface area (Å²) in [6.07, 6.45) is 11.1. The van der Waals surface area contributed by atoms with Crippen LogP contribution < -0.4 is 10.1 Å². The Morgan fingerprint density at radius 2 is 2.29 bits per heavy atom. The molecule has 0 saturated carbocycles. The van der Waals surface area contributed by atoms with Crippen molar-refractivity contribution in [1.82, 2.24) is 15.2 Å². The molecule has 0 radical (unpaired) electrons. The number of nitrogens with one attached hydrogen (secondary N) is 1. The Kier molecular flexibility index (Phi) is 9.30. The summed E-state index contributed by atoms with van der Waals surface area (Å²) in [6.45, 7) is 6.26.